The van der Waals surface area contributed by atoms with E-state index in [1.54, 1.807) is 0 Å². The maximum absolute atomic E-state index is 11.3. The third-order valence-electron chi connectivity index (χ3n) is 4.73. The number of primary amides is 1. The van der Waals surface area contributed by atoms with Gasteiger partial charge in [0.25, 0.3) is 0 Å². The molecule has 0 atom stereocenters. The lowest BCUT2D eigenvalue weighted by molar-refractivity contribution is 0.1000. The van der Waals surface area contributed by atoms with Gasteiger partial charge in [-0.15, -0.1) is 0 Å². The third-order valence-corrected chi connectivity index (χ3v) is 4.73. The average Bonchev–Trinajstić information content (AvgIpc) is 3.29. The summed E-state index contributed by atoms with van der Waals surface area (Å²) in [5, 5.41) is 3.70. The molecule has 1 heterocycles. The van der Waals surface area contributed by atoms with Gasteiger partial charge < -0.3 is 16.0 Å². The van der Waals surface area contributed by atoms with Gasteiger partial charge in [-0.25, -0.2) is 0 Å². The second-order valence-electron chi connectivity index (χ2n) is 6.48. The molecule has 114 valence electrons. The number of carbonyl (C=O) groups excluding carboxylic acids is 1. The van der Waals surface area contributed by atoms with E-state index in [9.17, 15) is 4.79 Å². The summed E-state index contributed by atoms with van der Waals surface area (Å²) in [5.41, 5.74) is 8.16. The van der Waals surface area contributed by atoms with Crippen LogP contribution in [0.2, 0.25) is 0 Å². The number of nitrogens with zero attached hydrogens (tertiary/aromatic N) is 1. The Labute approximate surface area is 126 Å². The second-order valence-corrected chi connectivity index (χ2v) is 6.48. The molecule has 4 heteroatoms. The molecule has 21 heavy (non-hydrogen) atoms. The van der Waals surface area contributed by atoms with Crippen LogP contribution in [-0.4, -0.2) is 31.6 Å². The Morgan fingerprint density at radius 2 is 2.00 bits per heavy atom. The van der Waals surface area contributed by atoms with Crippen molar-refractivity contribution in [2.24, 2.45) is 11.7 Å². The first-order chi connectivity index (χ1) is 10.1. The molecule has 1 amide bonds. The van der Waals surface area contributed by atoms with Crippen molar-refractivity contribution in [1.29, 1.82) is 0 Å². The number of rotatable bonds is 5. The minimum atomic E-state index is -0.345. The SMILES string of the molecule is Cc1cc(N2CCC(NCC3CC3)CC2)ccc1C(N)=O. The van der Waals surface area contributed by atoms with Crippen molar-refractivity contribution in [3.63, 3.8) is 0 Å². The Morgan fingerprint density at radius 1 is 1.29 bits per heavy atom. The Hall–Kier alpha value is -1.55. The van der Waals surface area contributed by atoms with E-state index < -0.39 is 0 Å². The topological polar surface area (TPSA) is 58.4 Å². The normalized spacial score (nSPS) is 19.8. The van der Waals surface area contributed by atoms with Crippen molar-refractivity contribution in [3.05, 3.63) is 29.3 Å². The summed E-state index contributed by atoms with van der Waals surface area (Å²) in [5.74, 6) is 0.606. The number of carbonyl (C=O) groups is 1. The zero-order valence-electron chi connectivity index (χ0n) is 12.8. The van der Waals surface area contributed by atoms with Gasteiger partial charge in [-0.05, 0) is 68.8 Å². The van der Waals surface area contributed by atoms with Crippen molar-refractivity contribution in [2.45, 2.75) is 38.6 Å². The number of amides is 1. The average molecular weight is 287 g/mol. The van der Waals surface area contributed by atoms with E-state index in [0.717, 1.165) is 24.6 Å². The van der Waals surface area contributed by atoms with Crippen molar-refractivity contribution >= 4 is 11.6 Å². The van der Waals surface area contributed by atoms with Crippen LogP contribution in [0, 0.1) is 12.8 Å². The number of benzene rings is 1. The predicted octanol–water partition coefficient (Wildman–Crippen LogP) is 2.06. The van der Waals surface area contributed by atoms with Crippen LogP contribution in [0.3, 0.4) is 0 Å². The number of hydrogen-bond donors (Lipinski definition) is 2. The summed E-state index contributed by atoms with van der Waals surface area (Å²) in [7, 11) is 0. The lowest BCUT2D eigenvalue weighted by Crippen LogP contribution is -2.43. The molecule has 1 aliphatic heterocycles. The van der Waals surface area contributed by atoms with Crippen molar-refractivity contribution in [2.75, 3.05) is 24.5 Å². The minimum absolute atomic E-state index is 0.345. The van der Waals surface area contributed by atoms with Crippen LogP contribution < -0.4 is 16.0 Å². The molecule has 0 bridgehead atoms. The van der Waals surface area contributed by atoms with Gasteiger partial charge in [0.15, 0.2) is 0 Å². The Bertz CT molecular complexity index is 517. The number of piperidine rings is 1. The fourth-order valence-electron chi connectivity index (χ4n) is 3.12. The van der Waals surface area contributed by atoms with Gasteiger partial charge in [0.1, 0.15) is 0 Å². The molecule has 2 aliphatic rings. The monoisotopic (exact) mass is 287 g/mol. The molecule has 1 aromatic rings. The van der Waals surface area contributed by atoms with E-state index in [0.29, 0.717) is 11.6 Å². The fraction of sp³-hybridized carbons (Fsp3) is 0.588. The van der Waals surface area contributed by atoms with Gasteiger partial charge in [-0.3, -0.25) is 4.79 Å². The molecule has 0 aromatic heterocycles. The number of anilines is 1. The first-order valence-electron chi connectivity index (χ1n) is 8.02. The summed E-state index contributed by atoms with van der Waals surface area (Å²) in [6.45, 7) is 5.32. The minimum Gasteiger partial charge on any atom is -0.371 e. The second kappa shape index (κ2) is 6.06. The van der Waals surface area contributed by atoms with Crippen molar-refractivity contribution in [3.8, 4) is 0 Å². The van der Waals surface area contributed by atoms with Crippen molar-refractivity contribution in [1.82, 2.24) is 5.32 Å². The lowest BCUT2D eigenvalue weighted by atomic mass is 10.0. The zero-order chi connectivity index (χ0) is 14.8. The standard InChI is InChI=1S/C17H25N3O/c1-12-10-15(4-5-16(12)17(18)21)20-8-6-14(7-9-20)19-11-13-2-3-13/h4-5,10,13-14,19H,2-3,6-9,11H2,1H3,(H2,18,21). The number of nitrogens with two attached hydrogens (primary N) is 1. The molecule has 0 radical (unpaired) electrons. The smallest absolute Gasteiger partial charge is 0.248 e. The van der Waals surface area contributed by atoms with E-state index in [1.807, 2.05) is 19.1 Å². The van der Waals surface area contributed by atoms with Crippen LogP contribution in [0.1, 0.15) is 41.6 Å². The van der Waals surface area contributed by atoms with Crippen LogP contribution in [0.4, 0.5) is 5.69 Å². The maximum atomic E-state index is 11.3. The summed E-state index contributed by atoms with van der Waals surface area (Å²) in [4.78, 5) is 13.7. The molecule has 3 N–H and O–H groups in total. The van der Waals surface area contributed by atoms with E-state index in [1.165, 1.54) is 37.9 Å². The summed E-state index contributed by atoms with van der Waals surface area (Å²) in [6, 6.07) is 6.63. The Balaban J connectivity index is 1.55. The third kappa shape index (κ3) is 3.56. The van der Waals surface area contributed by atoms with E-state index >= 15 is 0 Å². The number of hydrogen-bond acceptors (Lipinski definition) is 3. The molecule has 0 unspecified atom stereocenters. The highest BCUT2D eigenvalue weighted by Gasteiger charge is 2.24. The highest BCUT2D eigenvalue weighted by Crippen LogP contribution is 2.28. The molecular formula is C17H25N3O. The van der Waals surface area contributed by atoms with Crippen LogP contribution >= 0.6 is 0 Å². The molecule has 1 saturated carbocycles. The number of nitrogens with one attached hydrogen (secondary N) is 1. The predicted molar refractivity (Wildman–Crippen MR) is 85.7 cm³/mol. The fourth-order valence-corrected chi connectivity index (χ4v) is 3.12. The molecular weight excluding hydrogens is 262 g/mol. The van der Waals surface area contributed by atoms with Crippen LogP contribution in [-0.2, 0) is 0 Å². The maximum Gasteiger partial charge on any atom is 0.248 e. The van der Waals surface area contributed by atoms with Gasteiger partial charge in [-0.1, -0.05) is 0 Å². The largest absolute Gasteiger partial charge is 0.371 e. The summed E-state index contributed by atoms with van der Waals surface area (Å²) in [6.07, 6.45) is 5.22. The molecule has 3 rings (SSSR count). The molecule has 1 saturated heterocycles. The van der Waals surface area contributed by atoms with Gasteiger partial charge in [-0.2, -0.15) is 0 Å². The Morgan fingerprint density at radius 3 is 2.57 bits per heavy atom. The quantitative estimate of drug-likeness (QED) is 0.871. The Kier molecular flexibility index (Phi) is 4.15. The first kappa shape index (κ1) is 14.4. The zero-order valence-corrected chi connectivity index (χ0v) is 12.8. The first-order valence-corrected chi connectivity index (χ1v) is 8.02. The molecule has 4 nitrogen and oxygen atoms in total. The van der Waals surface area contributed by atoms with Crippen LogP contribution in [0.15, 0.2) is 18.2 Å². The highest BCUT2D eigenvalue weighted by molar-refractivity contribution is 5.94. The van der Waals surface area contributed by atoms with E-state index in [-0.39, 0.29) is 5.91 Å². The van der Waals surface area contributed by atoms with Crippen molar-refractivity contribution < 1.29 is 4.79 Å². The lowest BCUT2D eigenvalue weighted by Gasteiger charge is -2.34. The molecule has 0 spiro atoms. The van der Waals surface area contributed by atoms with Gasteiger partial charge in [0.2, 0.25) is 5.91 Å². The van der Waals surface area contributed by atoms with Gasteiger partial charge in [0.05, 0.1) is 0 Å². The van der Waals surface area contributed by atoms with E-state index in [2.05, 4.69) is 16.3 Å². The number of aryl methyl sites for hydroxylation is 1. The van der Waals surface area contributed by atoms with Crippen LogP contribution in [0.25, 0.3) is 0 Å². The van der Waals surface area contributed by atoms with E-state index in [4.69, 9.17) is 5.73 Å². The molecule has 2 fully saturated rings. The molecule has 1 aliphatic carbocycles. The highest BCUT2D eigenvalue weighted by atomic mass is 16.1. The molecule has 1 aromatic carbocycles. The van der Waals surface area contributed by atoms with Crippen LogP contribution in [0.5, 0.6) is 0 Å². The summed E-state index contributed by atoms with van der Waals surface area (Å²) < 4.78 is 0. The van der Waals surface area contributed by atoms with Gasteiger partial charge in [0, 0.05) is 30.4 Å². The summed E-state index contributed by atoms with van der Waals surface area (Å²) >= 11 is 0. The van der Waals surface area contributed by atoms with Gasteiger partial charge >= 0.3 is 0 Å².